The van der Waals surface area contributed by atoms with E-state index in [-0.39, 0.29) is 17.9 Å². The van der Waals surface area contributed by atoms with Crippen LogP contribution in [-0.4, -0.2) is 39.7 Å². The fraction of sp³-hybridized carbons (Fsp3) is 0.364. The molecule has 7 heteroatoms. The summed E-state index contributed by atoms with van der Waals surface area (Å²) in [4.78, 5) is 29.7. The van der Waals surface area contributed by atoms with Gasteiger partial charge < -0.3 is 10.6 Å². The largest absolute Gasteiger partial charge is 0.350 e. The van der Waals surface area contributed by atoms with Crippen molar-refractivity contribution in [3.05, 3.63) is 59.4 Å². The second-order valence-electron chi connectivity index (χ2n) is 7.67. The fourth-order valence-corrected chi connectivity index (χ4v) is 3.33. The molecule has 4 rings (SSSR count). The molecule has 2 amide bonds. The summed E-state index contributed by atoms with van der Waals surface area (Å²) >= 11 is 0. The topological polar surface area (TPSA) is 88.9 Å². The van der Waals surface area contributed by atoms with Crippen molar-refractivity contribution in [2.24, 2.45) is 0 Å². The van der Waals surface area contributed by atoms with Crippen molar-refractivity contribution in [3.8, 4) is 0 Å². The molecule has 2 aromatic heterocycles. The average Bonchev–Trinajstić information content (AvgIpc) is 3.49. The lowest BCUT2D eigenvalue weighted by atomic mass is 10.1. The molecular weight excluding hydrogens is 366 g/mol. The van der Waals surface area contributed by atoms with Crippen LogP contribution < -0.4 is 10.6 Å². The SMILES string of the molecule is CC(C)n1ncc2c(C(=O)NCCNC(=O)c3ccccc3)cc(C3CC3)nc21. The van der Waals surface area contributed by atoms with Crippen molar-refractivity contribution in [2.75, 3.05) is 13.1 Å². The van der Waals surface area contributed by atoms with E-state index >= 15 is 0 Å². The van der Waals surface area contributed by atoms with Crippen molar-refractivity contribution in [1.29, 1.82) is 0 Å². The van der Waals surface area contributed by atoms with E-state index in [4.69, 9.17) is 4.98 Å². The van der Waals surface area contributed by atoms with Crippen LogP contribution in [0.1, 0.15) is 65.1 Å². The third kappa shape index (κ3) is 4.13. The normalized spacial score (nSPS) is 13.6. The average molecular weight is 391 g/mol. The first-order valence-corrected chi connectivity index (χ1v) is 10.0. The smallest absolute Gasteiger partial charge is 0.252 e. The van der Waals surface area contributed by atoms with Gasteiger partial charge in [0.1, 0.15) is 0 Å². The van der Waals surface area contributed by atoms with Crippen LogP contribution >= 0.6 is 0 Å². The number of fused-ring (bicyclic) bond motifs is 1. The summed E-state index contributed by atoms with van der Waals surface area (Å²) in [7, 11) is 0. The lowest BCUT2D eigenvalue weighted by Crippen LogP contribution is -2.34. The number of carbonyl (C=O) groups excluding carboxylic acids is 2. The van der Waals surface area contributed by atoms with Gasteiger partial charge in [0.2, 0.25) is 0 Å². The minimum Gasteiger partial charge on any atom is -0.350 e. The highest BCUT2D eigenvalue weighted by atomic mass is 16.2. The maximum Gasteiger partial charge on any atom is 0.252 e. The van der Waals surface area contributed by atoms with Gasteiger partial charge in [0.05, 0.1) is 17.1 Å². The molecule has 0 radical (unpaired) electrons. The summed E-state index contributed by atoms with van der Waals surface area (Å²) in [6.45, 7) is 4.80. The predicted octanol–water partition coefficient (Wildman–Crippen LogP) is 3.05. The molecule has 0 unspecified atom stereocenters. The quantitative estimate of drug-likeness (QED) is 0.606. The van der Waals surface area contributed by atoms with Gasteiger partial charge in [-0.25, -0.2) is 9.67 Å². The maximum atomic E-state index is 12.9. The van der Waals surface area contributed by atoms with Gasteiger partial charge in [-0.05, 0) is 44.9 Å². The van der Waals surface area contributed by atoms with E-state index in [1.807, 2.05) is 42.8 Å². The maximum absolute atomic E-state index is 12.9. The Labute approximate surface area is 169 Å². The molecule has 1 saturated carbocycles. The zero-order valence-electron chi connectivity index (χ0n) is 16.7. The van der Waals surface area contributed by atoms with Crippen molar-refractivity contribution < 1.29 is 9.59 Å². The highest BCUT2D eigenvalue weighted by Gasteiger charge is 2.28. The third-order valence-electron chi connectivity index (χ3n) is 5.05. The van der Waals surface area contributed by atoms with Gasteiger partial charge in [-0.1, -0.05) is 18.2 Å². The Morgan fingerprint density at radius 1 is 1.10 bits per heavy atom. The molecule has 1 aromatic carbocycles. The molecule has 0 aliphatic heterocycles. The second-order valence-corrected chi connectivity index (χ2v) is 7.67. The molecule has 1 aliphatic rings. The Hall–Kier alpha value is -3.22. The summed E-state index contributed by atoms with van der Waals surface area (Å²) in [5, 5.41) is 10.9. The van der Waals surface area contributed by atoms with Gasteiger partial charge in [-0.15, -0.1) is 0 Å². The number of pyridine rings is 1. The number of hydrogen-bond donors (Lipinski definition) is 2. The third-order valence-corrected chi connectivity index (χ3v) is 5.05. The molecule has 0 bridgehead atoms. The highest BCUT2D eigenvalue weighted by Crippen LogP contribution is 2.40. The monoisotopic (exact) mass is 391 g/mol. The van der Waals surface area contributed by atoms with E-state index in [1.165, 1.54) is 0 Å². The van der Waals surface area contributed by atoms with Gasteiger partial charge in [0, 0.05) is 36.3 Å². The minimum absolute atomic E-state index is 0.152. The van der Waals surface area contributed by atoms with Crippen LogP contribution in [-0.2, 0) is 0 Å². The summed E-state index contributed by atoms with van der Waals surface area (Å²) < 4.78 is 1.86. The molecule has 0 atom stereocenters. The van der Waals surface area contributed by atoms with E-state index in [9.17, 15) is 9.59 Å². The Morgan fingerprint density at radius 3 is 2.45 bits per heavy atom. The van der Waals surface area contributed by atoms with E-state index in [2.05, 4.69) is 15.7 Å². The molecule has 2 heterocycles. The van der Waals surface area contributed by atoms with Crippen LogP contribution in [0.2, 0.25) is 0 Å². The summed E-state index contributed by atoms with van der Waals surface area (Å²) in [5.41, 5.74) is 2.91. The van der Waals surface area contributed by atoms with Crippen LogP contribution in [0.5, 0.6) is 0 Å². The predicted molar refractivity (Wildman–Crippen MR) is 111 cm³/mol. The zero-order valence-corrected chi connectivity index (χ0v) is 16.7. The second kappa shape index (κ2) is 8.03. The summed E-state index contributed by atoms with van der Waals surface area (Å²) in [6, 6.07) is 11.1. The molecule has 150 valence electrons. The van der Waals surface area contributed by atoms with Crippen molar-refractivity contribution >= 4 is 22.8 Å². The lowest BCUT2D eigenvalue weighted by Gasteiger charge is -2.11. The van der Waals surface area contributed by atoms with Crippen LogP contribution in [0.4, 0.5) is 0 Å². The van der Waals surface area contributed by atoms with Crippen LogP contribution in [0.3, 0.4) is 0 Å². The molecule has 1 aliphatic carbocycles. The Morgan fingerprint density at radius 2 is 1.79 bits per heavy atom. The Kier molecular flexibility index (Phi) is 5.29. The Balaban J connectivity index is 1.45. The number of nitrogens with zero attached hydrogens (tertiary/aromatic N) is 3. The van der Waals surface area contributed by atoms with Crippen LogP contribution in [0.25, 0.3) is 11.0 Å². The highest BCUT2D eigenvalue weighted by molar-refractivity contribution is 6.05. The number of benzene rings is 1. The van der Waals surface area contributed by atoms with Gasteiger partial charge in [0.15, 0.2) is 5.65 Å². The lowest BCUT2D eigenvalue weighted by molar-refractivity contribution is 0.0928. The van der Waals surface area contributed by atoms with Crippen molar-refractivity contribution in [1.82, 2.24) is 25.4 Å². The number of carbonyl (C=O) groups is 2. The first kappa shape index (κ1) is 19.1. The van der Waals surface area contributed by atoms with Gasteiger partial charge >= 0.3 is 0 Å². The first-order valence-electron chi connectivity index (χ1n) is 10.0. The van der Waals surface area contributed by atoms with Gasteiger partial charge in [0.25, 0.3) is 11.8 Å². The molecule has 3 aromatic rings. The van der Waals surface area contributed by atoms with E-state index in [0.717, 1.165) is 29.6 Å². The van der Waals surface area contributed by atoms with Crippen molar-refractivity contribution in [2.45, 2.75) is 38.6 Å². The number of nitrogens with one attached hydrogen (secondary N) is 2. The Bertz CT molecular complexity index is 1040. The summed E-state index contributed by atoms with van der Waals surface area (Å²) in [5.74, 6) is 0.114. The minimum atomic E-state index is -0.170. The zero-order chi connectivity index (χ0) is 20.4. The molecule has 0 spiro atoms. The van der Waals surface area contributed by atoms with Crippen LogP contribution in [0, 0.1) is 0 Å². The van der Waals surface area contributed by atoms with Crippen molar-refractivity contribution in [3.63, 3.8) is 0 Å². The molecule has 7 nitrogen and oxygen atoms in total. The van der Waals surface area contributed by atoms with E-state index in [1.54, 1.807) is 18.3 Å². The van der Waals surface area contributed by atoms with E-state index in [0.29, 0.717) is 30.1 Å². The number of hydrogen-bond acceptors (Lipinski definition) is 4. The first-order chi connectivity index (χ1) is 14.0. The fourth-order valence-electron chi connectivity index (χ4n) is 3.33. The van der Waals surface area contributed by atoms with E-state index < -0.39 is 0 Å². The summed E-state index contributed by atoms with van der Waals surface area (Å²) in [6.07, 6.45) is 3.94. The molecule has 2 N–H and O–H groups in total. The van der Waals surface area contributed by atoms with Gasteiger partial charge in [-0.2, -0.15) is 5.10 Å². The van der Waals surface area contributed by atoms with Crippen LogP contribution in [0.15, 0.2) is 42.6 Å². The number of rotatable bonds is 7. The number of amides is 2. The molecule has 29 heavy (non-hydrogen) atoms. The molecule has 0 saturated heterocycles. The van der Waals surface area contributed by atoms with Gasteiger partial charge in [-0.3, -0.25) is 9.59 Å². The number of aromatic nitrogens is 3. The molecule has 1 fully saturated rings. The standard InChI is InChI=1S/C22H25N5O2/c1-14(2)27-20-18(13-25-27)17(12-19(26-20)15-8-9-15)22(29)24-11-10-23-21(28)16-6-4-3-5-7-16/h3-7,12-15H,8-11H2,1-2H3,(H,23,28)(H,24,29). The molecular formula is C22H25N5O2.